The van der Waals surface area contributed by atoms with E-state index in [0.717, 1.165) is 48.4 Å². The van der Waals surface area contributed by atoms with Gasteiger partial charge in [-0.15, -0.1) is 0 Å². The van der Waals surface area contributed by atoms with Gasteiger partial charge in [0.05, 0.1) is 7.11 Å². The zero-order valence-electron chi connectivity index (χ0n) is 16.6. The molecule has 146 valence electrons. The maximum Gasteiger partial charge on any atom is 0.229 e. The van der Waals surface area contributed by atoms with Gasteiger partial charge in [-0.2, -0.15) is 4.98 Å². The summed E-state index contributed by atoms with van der Waals surface area (Å²) in [4.78, 5) is 8.93. The zero-order chi connectivity index (χ0) is 19.1. The topological polar surface area (TPSA) is 71.1 Å². The Hall–Kier alpha value is -2.34. The Kier molecular flexibility index (Phi) is 6.87. The van der Waals surface area contributed by atoms with Crippen molar-refractivity contribution in [2.24, 2.45) is 0 Å². The third-order valence-corrected chi connectivity index (χ3v) is 5.06. The largest absolute Gasteiger partial charge is 0.496 e. The summed E-state index contributed by atoms with van der Waals surface area (Å²) in [6, 6.07) is 8.85. The fourth-order valence-electron chi connectivity index (χ4n) is 3.29. The van der Waals surface area contributed by atoms with E-state index in [1.54, 1.807) is 7.11 Å². The lowest BCUT2D eigenvalue weighted by Gasteiger charge is -2.26. The Balaban J connectivity index is 1.59. The van der Waals surface area contributed by atoms with Crippen LogP contribution in [-0.2, 0) is 6.42 Å². The molecule has 0 spiro atoms. The van der Waals surface area contributed by atoms with Crippen molar-refractivity contribution in [2.45, 2.75) is 51.5 Å². The van der Waals surface area contributed by atoms with Gasteiger partial charge in [-0.05, 0) is 69.3 Å². The molecule has 1 aliphatic rings. The average Bonchev–Trinajstić information content (AvgIpc) is 2.62. The molecule has 0 saturated heterocycles. The summed E-state index contributed by atoms with van der Waals surface area (Å²) in [6.45, 7) is 3.07. The molecular weight excluding hydrogens is 338 g/mol. The summed E-state index contributed by atoms with van der Waals surface area (Å²) in [5, 5.41) is 10.0. The van der Waals surface area contributed by atoms with Crippen LogP contribution in [0.3, 0.4) is 0 Å². The number of anilines is 3. The van der Waals surface area contributed by atoms with Crippen LogP contribution in [0.4, 0.5) is 17.5 Å². The lowest BCUT2D eigenvalue weighted by Crippen LogP contribution is -2.35. The SMILES string of the molecule is CNc1cc(C)nc(Nc2ccc(OC)c(CCCCNC3CCC3)c2)n1. The lowest BCUT2D eigenvalue weighted by atomic mass is 9.93. The van der Waals surface area contributed by atoms with Crippen LogP contribution in [0.25, 0.3) is 0 Å². The third-order valence-electron chi connectivity index (χ3n) is 5.06. The number of ether oxygens (including phenoxy) is 1. The number of hydrogen-bond acceptors (Lipinski definition) is 6. The van der Waals surface area contributed by atoms with Crippen molar-refractivity contribution in [1.82, 2.24) is 15.3 Å². The van der Waals surface area contributed by atoms with E-state index in [2.05, 4.69) is 32.0 Å². The molecule has 1 aromatic heterocycles. The Morgan fingerprint density at radius 2 is 2.00 bits per heavy atom. The van der Waals surface area contributed by atoms with Crippen molar-refractivity contribution >= 4 is 17.5 Å². The standard InChI is InChI=1S/C21H31N5O/c1-15-13-20(22-2)26-21(24-15)25-18-10-11-19(27-3)16(14-18)7-4-5-12-23-17-8-6-9-17/h10-11,13-14,17,23H,4-9,12H2,1-3H3,(H2,22,24,25,26). The van der Waals surface area contributed by atoms with E-state index in [9.17, 15) is 0 Å². The first-order valence-electron chi connectivity index (χ1n) is 9.88. The van der Waals surface area contributed by atoms with Gasteiger partial charge in [-0.25, -0.2) is 4.98 Å². The normalized spacial score (nSPS) is 13.9. The summed E-state index contributed by atoms with van der Waals surface area (Å²) in [6.07, 6.45) is 7.40. The molecule has 27 heavy (non-hydrogen) atoms. The first-order chi connectivity index (χ1) is 13.2. The molecule has 3 rings (SSSR count). The van der Waals surface area contributed by atoms with Gasteiger partial charge in [-0.3, -0.25) is 0 Å². The number of rotatable bonds is 10. The molecule has 6 heteroatoms. The van der Waals surface area contributed by atoms with Gasteiger partial charge in [0.25, 0.3) is 0 Å². The highest BCUT2D eigenvalue weighted by atomic mass is 16.5. The van der Waals surface area contributed by atoms with Crippen LogP contribution in [0.5, 0.6) is 5.75 Å². The third kappa shape index (κ3) is 5.57. The highest BCUT2D eigenvalue weighted by Gasteiger charge is 2.15. The number of aromatic nitrogens is 2. The predicted octanol–water partition coefficient (Wildman–Crippen LogP) is 4.04. The molecule has 1 aromatic carbocycles. The molecule has 1 saturated carbocycles. The van der Waals surface area contributed by atoms with Gasteiger partial charge in [0, 0.05) is 30.5 Å². The smallest absolute Gasteiger partial charge is 0.229 e. The minimum Gasteiger partial charge on any atom is -0.496 e. The van der Waals surface area contributed by atoms with E-state index in [0.29, 0.717) is 5.95 Å². The van der Waals surface area contributed by atoms with Crippen LogP contribution in [0.1, 0.15) is 43.4 Å². The Morgan fingerprint density at radius 1 is 1.15 bits per heavy atom. The number of hydrogen-bond donors (Lipinski definition) is 3. The maximum absolute atomic E-state index is 5.54. The predicted molar refractivity (Wildman–Crippen MR) is 111 cm³/mol. The second kappa shape index (κ2) is 9.55. The molecule has 6 nitrogen and oxygen atoms in total. The molecule has 0 bridgehead atoms. The van der Waals surface area contributed by atoms with Crippen LogP contribution in [0.15, 0.2) is 24.3 Å². The van der Waals surface area contributed by atoms with Gasteiger partial charge in [0.2, 0.25) is 5.95 Å². The van der Waals surface area contributed by atoms with Crippen molar-refractivity contribution in [3.05, 3.63) is 35.5 Å². The van der Waals surface area contributed by atoms with E-state index in [-0.39, 0.29) is 0 Å². The summed E-state index contributed by atoms with van der Waals surface area (Å²) < 4.78 is 5.54. The second-order valence-electron chi connectivity index (χ2n) is 7.16. The van der Waals surface area contributed by atoms with Crippen LogP contribution < -0.4 is 20.7 Å². The van der Waals surface area contributed by atoms with Gasteiger partial charge in [-0.1, -0.05) is 6.42 Å². The van der Waals surface area contributed by atoms with Gasteiger partial charge < -0.3 is 20.7 Å². The van der Waals surface area contributed by atoms with Gasteiger partial charge >= 0.3 is 0 Å². The molecule has 0 unspecified atom stereocenters. The molecule has 1 fully saturated rings. The fourth-order valence-corrected chi connectivity index (χ4v) is 3.29. The number of unbranched alkanes of at least 4 members (excludes halogenated alkanes) is 1. The summed E-state index contributed by atoms with van der Waals surface area (Å²) in [5.74, 6) is 2.34. The summed E-state index contributed by atoms with van der Waals surface area (Å²) in [5.41, 5.74) is 3.11. The molecule has 0 radical (unpaired) electrons. The van der Waals surface area contributed by atoms with Gasteiger partial charge in [0.15, 0.2) is 0 Å². The van der Waals surface area contributed by atoms with E-state index in [1.807, 2.05) is 32.2 Å². The molecule has 3 N–H and O–H groups in total. The monoisotopic (exact) mass is 369 g/mol. The van der Waals surface area contributed by atoms with Gasteiger partial charge in [0.1, 0.15) is 11.6 Å². The van der Waals surface area contributed by atoms with Crippen molar-refractivity contribution < 1.29 is 4.74 Å². The number of methoxy groups -OCH3 is 1. The van der Waals surface area contributed by atoms with Crippen LogP contribution >= 0.6 is 0 Å². The molecular formula is C21H31N5O. The highest BCUT2D eigenvalue weighted by molar-refractivity contribution is 5.58. The number of aryl methyl sites for hydroxylation is 2. The molecule has 2 aromatic rings. The molecule has 0 amide bonds. The highest BCUT2D eigenvalue weighted by Crippen LogP contribution is 2.26. The summed E-state index contributed by atoms with van der Waals surface area (Å²) >= 11 is 0. The quantitative estimate of drug-likeness (QED) is 0.549. The lowest BCUT2D eigenvalue weighted by molar-refractivity contribution is 0.337. The Labute approximate surface area is 162 Å². The van der Waals surface area contributed by atoms with Crippen molar-refractivity contribution in [2.75, 3.05) is 31.3 Å². The molecule has 1 heterocycles. The Bertz CT molecular complexity index is 745. The van der Waals surface area contributed by atoms with E-state index in [1.165, 1.54) is 31.2 Å². The minimum atomic E-state index is 0.597. The van der Waals surface area contributed by atoms with Crippen LogP contribution in [0.2, 0.25) is 0 Å². The Morgan fingerprint density at radius 3 is 2.70 bits per heavy atom. The van der Waals surface area contributed by atoms with Crippen molar-refractivity contribution in [3.8, 4) is 5.75 Å². The first kappa shape index (κ1) is 19.4. The molecule has 0 aliphatic heterocycles. The summed E-state index contributed by atoms with van der Waals surface area (Å²) in [7, 11) is 3.59. The zero-order valence-corrected chi connectivity index (χ0v) is 16.6. The molecule has 0 atom stereocenters. The van der Waals surface area contributed by atoms with Crippen LogP contribution in [0, 0.1) is 6.92 Å². The van der Waals surface area contributed by atoms with E-state index < -0.39 is 0 Å². The number of benzene rings is 1. The van der Waals surface area contributed by atoms with E-state index in [4.69, 9.17) is 4.74 Å². The van der Waals surface area contributed by atoms with E-state index >= 15 is 0 Å². The van der Waals surface area contributed by atoms with Crippen LogP contribution in [-0.4, -0.2) is 36.7 Å². The number of nitrogens with one attached hydrogen (secondary N) is 3. The average molecular weight is 370 g/mol. The van der Waals surface area contributed by atoms with Crippen molar-refractivity contribution in [1.29, 1.82) is 0 Å². The molecule has 1 aliphatic carbocycles. The minimum absolute atomic E-state index is 0.597. The van der Waals surface area contributed by atoms with Crippen molar-refractivity contribution in [3.63, 3.8) is 0 Å². The fraction of sp³-hybridized carbons (Fsp3) is 0.524. The maximum atomic E-state index is 5.54. The second-order valence-corrected chi connectivity index (χ2v) is 7.16. The number of nitrogens with zero attached hydrogens (tertiary/aromatic N) is 2. The first-order valence-corrected chi connectivity index (χ1v) is 9.88.